The smallest absolute Gasteiger partial charge is 0.344 e. The van der Waals surface area contributed by atoms with E-state index in [1.54, 1.807) is 6.07 Å². The van der Waals surface area contributed by atoms with Gasteiger partial charge >= 0.3 is 11.6 Å². The van der Waals surface area contributed by atoms with Gasteiger partial charge in [-0.3, -0.25) is 0 Å². The number of carbonyl (C=O) groups is 1. The molecule has 48 heavy (non-hydrogen) atoms. The number of fused-ring (bicyclic) bond motifs is 8. The van der Waals surface area contributed by atoms with Crippen LogP contribution in [-0.4, -0.2) is 18.7 Å². The number of carbonyl (C=O) groups excluding carboxylic acids is 1. The van der Waals surface area contributed by atoms with Crippen LogP contribution < -0.4 is 10.4 Å². The topological polar surface area (TPSA) is 65.7 Å². The maximum absolute atomic E-state index is 13.0. The molecule has 0 radical (unpaired) electrons. The molecule has 0 bridgehead atoms. The Morgan fingerprint density at radius 2 is 1.79 bits per heavy atom. The summed E-state index contributed by atoms with van der Waals surface area (Å²) in [6.45, 7) is 12.2. The first-order chi connectivity index (χ1) is 23.0. The van der Waals surface area contributed by atoms with Gasteiger partial charge in [-0.25, -0.2) is 9.59 Å². The number of ether oxygens (including phenoxy) is 2. The highest BCUT2D eigenvalue weighted by Gasteiger charge is 2.59. The third-order valence-corrected chi connectivity index (χ3v) is 14.5. The van der Waals surface area contributed by atoms with E-state index in [2.05, 4.69) is 40.7 Å². The van der Waals surface area contributed by atoms with Crippen molar-refractivity contribution in [2.45, 2.75) is 137 Å². The summed E-state index contributed by atoms with van der Waals surface area (Å²) in [7, 11) is 0. The molecule has 6 heteroatoms. The van der Waals surface area contributed by atoms with Crippen molar-refractivity contribution in [3.63, 3.8) is 0 Å². The van der Waals surface area contributed by atoms with Gasteiger partial charge in [-0.2, -0.15) is 0 Å². The number of hydrogen-bond donors (Lipinski definition) is 0. The monoisotopic (exact) mass is 676 g/mol. The number of rotatable bonds is 9. The fraction of sp³-hybridized carbons (Fsp3) is 0.714. The third kappa shape index (κ3) is 6.17. The molecule has 0 N–H and O–H groups in total. The summed E-state index contributed by atoms with van der Waals surface area (Å²) in [5.41, 5.74) is 4.19. The van der Waals surface area contributed by atoms with Crippen LogP contribution in [0.3, 0.4) is 0 Å². The fourth-order valence-corrected chi connectivity index (χ4v) is 11.9. The molecule has 1 aromatic heterocycles. The minimum absolute atomic E-state index is 0.120. The molecule has 0 spiro atoms. The molecule has 3 fully saturated rings. The molecule has 8 atom stereocenters. The van der Waals surface area contributed by atoms with Gasteiger partial charge in [0.05, 0.1) is 5.02 Å². The van der Waals surface area contributed by atoms with Gasteiger partial charge in [-0.15, -0.1) is 0 Å². The van der Waals surface area contributed by atoms with E-state index < -0.39 is 0 Å². The molecule has 1 aromatic carbocycles. The molecule has 5 nitrogen and oxygen atoms in total. The molecule has 5 aliphatic carbocycles. The Kier molecular flexibility index (Phi) is 9.58. The van der Waals surface area contributed by atoms with Crippen LogP contribution in [0.25, 0.3) is 11.0 Å². The largest absolute Gasteiger partial charge is 0.480 e. The highest BCUT2D eigenvalue weighted by atomic mass is 35.5. The summed E-state index contributed by atoms with van der Waals surface area (Å²) < 4.78 is 17.5. The van der Waals surface area contributed by atoms with Gasteiger partial charge < -0.3 is 13.9 Å². The molecule has 7 rings (SSSR count). The van der Waals surface area contributed by atoms with Crippen LogP contribution in [-0.2, 0) is 22.4 Å². The molecular weight excluding hydrogens is 620 g/mol. The lowest BCUT2D eigenvalue weighted by Crippen LogP contribution is -2.51. The van der Waals surface area contributed by atoms with E-state index in [1.807, 2.05) is 6.07 Å². The van der Waals surface area contributed by atoms with Crippen molar-refractivity contribution in [2.24, 2.45) is 46.3 Å². The number of aryl methyl sites for hydroxylation is 1. The maximum atomic E-state index is 13.0. The average Bonchev–Trinajstić information content (AvgIpc) is 3.42. The number of esters is 1. The second-order valence-electron chi connectivity index (χ2n) is 17.3. The summed E-state index contributed by atoms with van der Waals surface area (Å²) >= 11 is 6.60. The van der Waals surface area contributed by atoms with E-state index in [0.29, 0.717) is 21.8 Å². The van der Waals surface area contributed by atoms with Crippen LogP contribution in [0.1, 0.15) is 129 Å². The molecule has 3 saturated carbocycles. The van der Waals surface area contributed by atoms with Gasteiger partial charge in [0, 0.05) is 23.4 Å². The Balaban J connectivity index is 0.966. The Morgan fingerprint density at radius 1 is 1.00 bits per heavy atom. The number of benzene rings is 1. The van der Waals surface area contributed by atoms with Gasteiger partial charge in [0.2, 0.25) is 0 Å². The van der Waals surface area contributed by atoms with Crippen molar-refractivity contribution in [3.05, 3.63) is 50.4 Å². The van der Waals surface area contributed by atoms with Gasteiger partial charge in [0.1, 0.15) is 17.4 Å². The van der Waals surface area contributed by atoms with E-state index in [9.17, 15) is 9.59 Å². The van der Waals surface area contributed by atoms with E-state index in [1.165, 1.54) is 56.9 Å². The Morgan fingerprint density at radius 3 is 2.58 bits per heavy atom. The predicted octanol–water partition coefficient (Wildman–Crippen LogP) is 10.7. The summed E-state index contributed by atoms with van der Waals surface area (Å²) in [6, 6.07) is 3.45. The Labute approximate surface area is 292 Å². The Bertz CT molecular complexity index is 1620. The van der Waals surface area contributed by atoms with Crippen LogP contribution in [0, 0.1) is 46.3 Å². The lowest BCUT2D eigenvalue weighted by Gasteiger charge is -2.58. The van der Waals surface area contributed by atoms with Crippen LogP contribution in [0.5, 0.6) is 5.75 Å². The quantitative estimate of drug-likeness (QED) is 0.150. The van der Waals surface area contributed by atoms with Crippen molar-refractivity contribution in [3.8, 4) is 5.75 Å². The maximum Gasteiger partial charge on any atom is 0.344 e. The first kappa shape index (κ1) is 34.2. The first-order valence-corrected chi connectivity index (χ1v) is 19.7. The lowest BCUT2D eigenvalue weighted by molar-refractivity contribution is -0.153. The molecule has 0 aliphatic heterocycles. The summed E-state index contributed by atoms with van der Waals surface area (Å²) in [5.74, 6) is 4.84. The van der Waals surface area contributed by atoms with Crippen molar-refractivity contribution in [2.75, 3.05) is 6.61 Å². The summed E-state index contributed by atoms with van der Waals surface area (Å²) in [6.07, 6.45) is 19.7. The second-order valence-corrected chi connectivity index (χ2v) is 17.7. The standard InChI is InChI=1S/C42H57ClO5/c1-25(2)9-8-10-26(3)33-15-16-34-31-14-13-27-21-28(17-19-41(27,4)35(31)18-20-42(33,34)5)47-39(44)24-46-38-23-37-32(22-36(38)43)29-11-6-7-12-30(29)40(45)48-37/h13,22-23,25-26,28,31,33-35H,6-12,14-21,24H2,1-5H3/t26-,28+,31+,33-,34-,35-,41+,42-/m1/s1. The van der Waals surface area contributed by atoms with Crippen LogP contribution in [0.2, 0.25) is 5.02 Å². The molecule has 0 amide bonds. The zero-order valence-corrected chi connectivity index (χ0v) is 30.8. The number of allylic oxidation sites excluding steroid dienone is 1. The highest BCUT2D eigenvalue weighted by molar-refractivity contribution is 6.32. The predicted molar refractivity (Wildman–Crippen MR) is 193 cm³/mol. The van der Waals surface area contributed by atoms with Crippen molar-refractivity contribution < 1.29 is 18.7 Å². The van der Waals surface area contributed by atoms with Crippen LogP contribution >= 0.6 is 11.6 Å². The Hall–Kier alpha value is -2.27. The molecule has 1 heterocycles. The molecule has 0 saturated heterocycles. The van der Waals surface area contributed by atoms with Crippen LogP contribution in [0.15, 0.2) is 33.0 Å². The van der Waals surface area contributed by atoms with Crippen molar-refractivity contribution >= 4 is 28.5 Å². The van der Waals surface area contributed by atoms with Gasteiger partial charge in [-0.1, -0.05) is 77.1 Å². The average molecular weight is 677 g/mol. The van der Waals surface area contributed by atoms with Gasteiger partial charge in [0.25, 0.3) is 0 Å². The van der Waals surface area contributed by atoms with Gasteiger partial charge in [-0.05, 0) is 129 Å². The minimum Gasteiger partial charge on any atom is -0.480 e. The molecule has 262 valence electrons. The zero-order chi connectivity index (χ0) is 33.8. The van der Waals surface area contributed by atoms with Gasteiger partial charge in [0.15, 0.2) is 6.61 Å². The second kappa shape index (κ2) is 13.5. The number of hydrogen-bond acceptors (Lipinski definition) is 5. The number of halogens is 1. The normalized spacial score (nSPS) is 33.3. The first-order valence-electron chi connectivity index (χ1n) is 19.3. The highest BCUT2D eigenvalue weighted by Crippen LogP contribution is 2.67. The molecule has 2 aromatic rings. The van der Waals surface area contributed by atoms with Crippen LogP contribution in [0.4, 0.5) is 0 Å². The van der Waals surface area contributed by atoms with Crippen molar-refractivity contribution in [1.29, 1.82) is 0 Å². The van der Waals surface area contributed by atoms with E-state index in [4.69, 9.17) is 25.5 Å². The molecule has 0 unspecified atom stereocenters. The third-order valence-electron chi connectivity index (χ3n) is 14.2. The zero-order valence-electron chi connectivity index (χ0n) is 30.0. The van der Waals surface area contributed by atoms with E-state index in [-0.39, 0.29) is 29.7 Å². The van der Waals surface area contributed by atoms with E-state index in [0.717, 1.165) is 97.0 Å². The summed E-state index contributed by atoms with van der Waals surface area (Å²) in [5, 5.41) is 1.27. The SMILES string of the molecule is CC(C)CCC[C@@H](C)[C@H]1CC[C@@H]2[C@@H]3CC=C4C[C@@H](OC(=O)COc5cc6oc(=O)c7c(c6cc5Cl)CCCC7)CC[C@]4(C)[C@@H]3CC[C@@]21C. The molecule has 5 aliphatic rings. The molecular formula is C42H57ClO5. The lowest BCUT2D eigenvalue weighted by atomic mass is 9.47. The minimum atomic E-state index is -0.381. The van der Waals surface area contributed by atoms with E-state index >= 15 is 0 Å². The summed E-state index contributed by atoms with van der Waals surface area (Å²) in [4.78, 5) is 25.6. The van der Waals surface area contributed by atoms with Crippen molar-refractivity contribution in [1.82, 2.24) is 0 Å². The fourth-order valence-electron chi connectivity index (χ4n) is 11.7.